The summed E-state index contributed by atoms with van der Waals surface area (Å²) in [4.78, 5) is 14.7. The van der Waals surface area contributed by atoms with E-state index in [0.29, 0.717) is 13.1 Å². The van der Waals surface area contributed by atoms with Crippen LogP contribution in [-0.2, 0) is 4.74 Å². The highest BCUT2D eigenvalue weighted by Gasteiger charge is 2.31. The Hall–Kier alpha value is -1.62. The number of amides is 1. The van der Waals surface area contributed by atoms with Crippen LogP contribution in [0.4, 0.5) is 0 Å². The van der Waals surface area contributed by atoms with Gasteiger partial charge in [-0.25, -0.2) is 0 Å². The fourth-order valence-electron chi connectivity index (χ4n) is 3.21. The van der Waals surface area contributed by atoms with Crippen LogP contribution in [0.5, 0.6) is 0 Å². The van der Waals surface area contributed by atoms with Gasteiger partial charge in [0.1, 0.15) is 0 Å². The molecule has 0 aliphatic carbocycles. The summed E-state index contributed by atoms with van der Waals surface area (Å²) >= 11 is 0. The molecule has 0 spiro atoms. The van der Waals surface area contributed by atoms with Gasteiger partial charge in [0.2, 0.25) is 0 Å². The van der Waals surface area contributed by atoms with Crippen LogP contribution < -0.4 is 5.73 Å². The Morgan fingerprint density at radius 3 is 2.70 bits per heavy atom. The zero-order valence-corrected chi connectivity index (χ0v) is 14.1. The van der Waals surface area contributed by atoms with Gasteiger partial charge in [0, 0.05) is 31.8 Å². The van der Waals surface area contributed by atoms with E-state index in [1.54, 1.807) is 7.11 Å². The van der Waals surface area contributed by atoms with Crippen molar-refractivity contribution in [1.82, 2.24) is 4.90 Å². The number of halogens is 1. The number of fused-ring (bicyclic) bond motifs is 1. The zero-order valence-electron chi connectivity index (χ0n) is 13.3. The number of piperidine rings is 1. The van der Waals surface area contributed by atoms with Crippen molar-refractivity contribution in [3.63, 3.8) is 0 Å². The molecule has 2 N–H and O–H groups in total. The number of hydrogen-bond donors (Lipinski definition) is 1. The van der Waals surface area contributed by atoms with Crippen molar-refractivity contribution in [2.24, 2.45) is 5.73 Å². The number of nitrogens with two attached hydrogens (primary N) is 1. The van der Waals surface area contributed by atoms with Crippen molar-refractivity contribution < 1.29 is 9.53 Å². The summed E-state index contributed by atoms with van der Waals surface area (Å²) in [6, 6.07) is 14.0. The molecular weight excluding hydrogens is 312 g/mol. The molecule has 23 heavy (non-hydrogen) atoms. The molecule has 0 saturated carbocycles. The number of carbonyl (C=O) groups is 1. The molecule has 2 aromatic rings. The Morgan fingerprint density at radius 2 is 2.00 bits per heavy atom. The molecule has 4 nitrogen and oxygen atoms in total. The van der Waals surface area contributed by atoms with E-state index in [9.17, 15) is 4.79 Å². The Balaban J connectivity index is 0.00000192. The van der Waals surface area contributed by atoms with Crippen molar-refractivity contribution in [2.75, 3.05) is 20.2 Å². The van der Waals surface area contributed by atoms with E-state index in [-0.39, 0.29) is 30.5 Å². The second-order valence-corrected chi connectivity index (χ2v) is 5.83. The summed E-state index contributed by atoms with van der Waals surface area (Å²) in [7, 11) is 1.72. The molecule has 1 heterocycles. The molecule has 1 saturated heterocycles. The minimum absolute atomic E-state index is 0. The third-order valence-corrected chi connectivity index (χ3v) is 4.53. The van der Waals surface area contributed by atoms with Crippen molar-refractivity contribution in [1.29, 1.82) is 0 Å². The van der Waals surface area contributed by atoms with Crippen LogP contribution in [0.1, 0.15) is 23.2 Å². The number of nitrogens with zero attached hydrogens (tertiary/aromatic N) is 1. The van der Waals surface area contributed by atoms with Gasteiger partial charge in [-0.05, 0) is 35.7 Å². The van der Waals surface area contributed by atoms with Gasteiger partial charge in [-0.1, -0.05) is 30.3 Å². The fourth-order valence-corrected chi connectivity index (χ4v) is 3.21. The third-order valence-electron chi connectivity index (χ3n) is 4.53. The van der Waals surface area contributed by atoms with Crippen molar-refractivity contribution in [3.8, 4) is 0 Å². The predicted molar refractivity (Wildman–Crippen MR) is 95.1 cm³/mol. The normalized spacial score (nSPS) is 21.0. The van der Waals surface area contributed by atoms with Crippen LogP contribution in [0.3, 0.4) is 0 Å². The summed E-state index contributed by atoms with van der Waals surface area (Å²) in [5.74, 6) is 0.0655. The fraction of sp³-hybridized carbons (Fsp3) is 0.389. The average Bonchev–Trinajstić information content (AvgIpc) is 2.60. The first kappa shape index (κ1) is 17.7. The molecule has 0 bridgehead atoms. The lowest BCUT2D eigenvalue weighted by atomic mass is 9.97. The van der Waals surface area contributed by atoms with Crippen molar-refractivity contribution in [2.45, 2.75) is 25.0 Å². The van der Waals surface area contributed by atoms with E-state index in [4.69, 9.17) is 10.5 Å². The number of ether oxygens (including phenoxy) is 1. The van der Waals surface area contributed by atoms with Gasteiger partial charge in [0.15, 0.2) is 0 Å². The minimum atomic E-state index is 0. The second kappa shape index (κ2) is 7.77. The molecule has 3 rings (SSSR count). The summed E-state index contributed by atoms with van der Waals surface area (Å²) in [6.07, 6.45) is 1.88. The average molecular weight is 335 g/mol. The number of methoxy groups -OCH3 is 1. The Bertz CT molecular complexity index is 677. The number of hydrogen-bond acceptors (Lipinski definition) is 3. The number of rotatable bonds is 3. The largest absolute Gasteiger partial charge is 0.381 e. The van der Waals surface area contributed by atoms with E-state index < -0.39 is 0 Å². The molecule has 5 heteroatoms. The lowest BCUT2D eigenvalue weighted by molar-refractivity contribution is 0.0139. The highest BCUT2D eigenvalue weighted by Crippen LogP contribution is 2.23. The summed E-state index contributed by atoms with van der Waals surface area (Å²) < 4.78 is 5.42. The van der Waals surface area contributed by atoms with Crippen LogP contribution in [-0.4, -0.2) is 43.2 Å². The lowest BCUT2D eigenvalue weighted by Gasteiger charge is -2.38. The maximum Gasteiger partial charge on any atom is 0.254 e. The van der Waals surface area contributed by atoms with E-state index in [2.05, 4.69) is 6.07 Å². The SMILES string of the molecule is COC1CCN(C(=O)c2ccc3ccccc3c2)C(CN)C1.Cl. The molecule has 1 amide bonds. The first-order valence-electron chi connectivity index (χ1n) is 7.75. The van der Waals surface area contributed by atoms with Crippen molar-refractivity contribution in [3.05, 3.63) is 48.0 Å². The maximum atomic E-state index is 12.8. The highest BCUT2D eigenvalue weighted by molar-refractivity contribution is 5.98. The molecule has 124 valence electrons. The van der Waals surface area contributed by atoms with Crippen LogP contribution in [0.2, 0.25) is 0 Å². The molecule has 2 aromatic carbocycles. The van der Waals surface area contributed by atoms with Gasteiger partial charge in [0.25, 0.3) is 5.91 Å². The summed E-state index contributed by atoms with van der Waals surface area (Å²) in [5.41, 5.74) is 6.60. The molecule has 1 aliphatic rings. The lowest BCUT2D eigenvalue weighted by Crippen LogP contribution is -2.51. The first-order valence-corrected chi connectivity index (χ1v) is 7.75. The van der Waals surface area contributed by atoms with Crippen LogP contribution in [0.25, 0.3) is 10.8 Å². The summed E-state index contributed by atoms with van der Waals surface area (Å²) in [6.45, 7) is 1.17. The van der Waals surface area contributed by atoms with E-state index in [1.807, 2.05) is 41.3 Å². The smallest absolute Gasteiger partial charge is 0.254 e. The Labute approximate surface area is 143 Å². The minimum Gasteiger partial charge on any atom is -0.381 e. The Morgan fingerprint density at radius 1 is 1.26 bits per heavy atom. The third kappa shape index (κ3) is 3.66. The number of carbonyl (C=O) groups excluding carboxylic acids is 1. The van der Waals surface area contributed by atoms with Gasteiger partial charge in [-0.3, -0.25) is 4.79 Å². The zero-order chi connectivity index (χ0) is 15.5. The first-order chi connectivity index (χ1) is 10.7. The number of likely N-dealkylation sites (tertiary alicyclic amines) is 1. The standard InChI is InChI=1S/C18H22N2O2.ClH/c1-22-17-8-9-20(16(11-17)12-19)18(21)15-7-6-13-4-2-3-5-14(13)10-15;/h2-7,10,16-17H,8-9,11-12,19H2,1H3;1H. The van der Waals surface area contributed by atoms with Crippen LogP contribution >= 0.6 is 12.4 Å². The quantitative estimate of drug-likeness (QED) is 0.939. The topological polar surface area (TPSA) is 55.6 Å². The van der Waals surface area contributed by atoms with Gasteiger partial charge in [-0.2, -0.15) is 0 Å². The maximum absolute atomic E-state index is 12.8. The van der Waals surface area contributed by atoms with Gasteiger partial charge < -0.3 is 15.4 Å². The van der Waals surface area contributed by atoms with Crippen molar-refractivity contribution >= 4 is 29.1 Å². The van der Waals surface area contributed by atoms with Gasteiger partial charge in [-0.15, -0.1) is 12.4 Å². The predicted octanol–water partition coefficient (Wildman–Crippen LogP) is 2.84. The molecule has 2 atom stereocenters. The molecular formula is C18H23ClN2O2. The molecule has 0 radical (unpaired) electrons. The monoisotopic (exact) mass is 334 g/mol. The highest BCUT2D eigenvalue weighted by atomic mass is 35.5. The molecule has 1 fully saturated rings. The van der Waals surface area contributed by atoms with Gasteiger partial charge in [0.05, 0.1) is 6.10 Å². The molecule has 1 aliphatic heterocycles. The summed E-state index contributed by atoms with van der Waals surface area (Å²) in [5, 5.41) is 2.23. The second-order valence-electron chi connectivity index (χ2n) is 5.83. The van der Waals surface area contributed by atoms with Gasteiger partial charge >= 0.3 is 0 Å². The van der Waals surface area contributed by atoms with Crippen LogP contribution in [0.15, 0.2) is 42.5 Å². The molecule has 0 aromatic heterocycles. The number of benzene rings is 2. The Kier molecular flexibility index (Phi) is 5.99. The van der Waals surface area contributed by atoms with Crippen LogP contribution in [0, 0.1) is 0 Å². The molecule has 2 unspecified atom stereocenters. The van der Waals surface area contributed by atoms with E-state index in [1.165, 1.54) is 0 Å². The van der Waals surface area contributed by atoms with E-state index >= 15 is 0 Å². The van der Waals surface area contributed by atoms with E-state index in [0.717, 1.165) is 29.2 Å².